The summed E-state index contributed by atoms with van der Waals surface area (Å²) in [6.07, 6.45) is 0. The predicted molar refractivity (Wildman–Crippen MR) is 89.4 cm³/mol. The number of thiophene rings is 1. The van der Waals surface area contributed by atoms with E-state index in [2.05, 4.69) is 69.2 Å². The van der Waals surface area contributed by atoms with Crippen LogP contribution in [0.1, 0.15) is 0 Å². The van der Waals surface area contributed by atoms with Gasteiger partial charge in [-0.3, -0.25) is 0 Å². The van der Waals surface area contributed by atoms with Crippen LogP contribution in [0.15, 0.2) is 78.2 Å². The molecule has 0 bridgehead atoms. The highest BCUT2D eigenvalue weighted by Crippen LogP contribution is 2.18. The number of tetrazole rings is 1. The molecule has 0 amide bonds. The molecule has 0 aliphatic rings. The average molecular weight is 306 g/mol. The highest BCUT2D eigenvalue weighted by molar-refractivity contribution is 7.13. The molecule has 0 fully saturated rings. The Morgan fingerprint density at radius 1 is 0.727 bits per heavy atom. The minimum Gasteiger partial charge on any atom is -0.238 e. The number of rotatable bonds is 2. The molecule has 0 saturated heterocycles. The molecule has 5 heteroatoms. The number of hydrogen-bond donors (Lipinski definition) is 1. The molecular formula is C17H14N4S. The summed E-state index contributed by atoms with van der Waals surface area (Å²) < 4.78 is 0. The monoisotopic (exact) mass is 306 g/mol. The lowest BCUT2D eigenvalue weighted by Crippen LogP contribution is -1.73. The SMILES string of the molecule is c1ccc(-c2ccccc2)cc1.c1csc(-c2nnn[nH]2)c1. The van der Waals surface area contributed by atoms with Gasteiger partial charge in [-0.15, -0.1) is 16.4 Å². The lowest BCUT2D eigenvalue weighted by Gasteiger charge is -1.98. The molecule has 2 aromatic carbocycles. The number of benzene rings is 2. The van der Waals surface area contributed by atoms with Crippen molar-refractivity contribution in [1.29, 1.82) is 0 Å². The minimum atomic E-state index is 0.731. The van der Waals surface area contributed by atoms with Gasteiger partial charge in [-0.25, -0.2) is 5.10 Å². The summed E-state index contributed by atoms with van der Waals surface area (Å²) in [4.78, 5) is 1.06. The van der Waals surface area contributed by atoms with Gasteiger partial charge < -0.3 is 0 Å². The Kier molecular flexibility index (Phi) is 4.69. The van der Waals surface area contributed by atoms with E-state index in [0.717, 1.165) is 10.7 Å². The third kappa shape index (κ3) is 3.65. The number of H-pyrrole nitrogens is 1. The Morgan fingerprint density at radius 2 is 1.36 bits per heavy atom. The zero-order valence-electron chi connectivity index (χ0n) is 11.8. The van der Waals surface area contributed by atoms with Gasteiger partial charge in [-0.2, -0.15) is 0 Å². The lowest BCUT2D eigenvalue weighted by atomic mass is 10.1. The van der Waals surface area contributed by atoms with Crippen LogP contribution in [0.2, 0.25) is 0 Å². The van der Waals surface area contributed by atoms with Crippen LogP contribution in [0.25, 0.3) is 21.8 Å². The molecule has 108 valence electrons. The standard InChI is InChI=1S/C12H10.C5H4N4S/c1-3-7-11(8-4-1)12-9-5-2-6-10-12;1-2-4(10-3-1)5-6-8-9-7-5/h1-10H;1-3H,(H,6,7,8,9). The smallest absolute Gasteiger partial charge is 0.189 e. The van der Waals surface area contributed by atoms with E-state index in [9.17, 15) is 0 Å². The fraction of sp³-hybridized carbons (Fsp3) is 0. The first-order valence-corrected chi connectivity index (χ1v) is 7.69. The molecule has 2 aromatic heterocycles. The molecule has 4 rings (SSSR count). The van der Waals surface area contributed by atoms with Gasteiger partial charge in [-0.05, 0) is 33.0 Å². The second kappa shape index (κ2) is 7.28. The van der Waals surface area contributed by atoms with Crippen LogP contribution >= 0.6 is 11.3 Å². The molecule has 0 radical (unpaired) electrons. The van der Waals surface area contributed by atoms with Gasteiger partial charge in [0.2, 0.25) is 0 Å². The van der Waals surface area contributed by atoms with Crippen molar-refractivity contribution < 1.29 is 0 Å². The molecule has 2 heterocycles. The topological polar surface area (TPSA) is 54.5 Å². The maximum Gasteiger partial charge on any atom is 0.189 e. The number of nitrogens with zero attached hydrogens (tertiary/aromatic N) is 3. The Labute approximate surface area is 132 Å². The molecule has 0 atom stereocenters. The Bertz CT molecular complexity index is 696. The summed E-state index contributed by atoms with van der Waals surface area (Å²) in [5, 5.41) is 15.3. The summed E-state index contributed by atoms with van der Waals surface area (Å²) in [7, 11) is 0. The van der Waals surface area contributed by atoms with E-state index in [1.54, 1.807) is 11.3 Å². The fourth-order valence-corrected chi connectivity index (χ4v) is 2.60. The maximum atomic E-state index is 3.75. The van der Waals surface area contributed by atoms with Gasteiger partial charge in [0.1, 0.15) is 0 Å². The van der Waals surface area contributed by atoms with Gasteiger partial charge in [0.15, 0.2) is 5.82 Å². The van der Waals surface area contributed by atoms with E-state index < -0.39 is 0 Å². The van der Waals surface area contributed by atoms with Gasteiger partial charge in [-0.1, -0.05) is 66.7 Å². The van der Waals surface area contributed by atoms with Crippen molar-refractivity contribution in [3.63, 3.8) is 0 Å². The van der Waals surface area contributed by atoms with Crippen LogP contribution in [0.5, 0.6) is 0 Å². The van der Waals surface area contributed by atoms with Crippen LogP contribution in [0.4, 0.5) is 0 Å². The van der Waals surface area contributed by atoms with E-state index >= 15 is 0 Å². The van der Waals surface area contributed by atoms with Gasteiger partial charge in [0, 0.05) is 0 Å². The normalized spacial score (nSPS) is 9.82. The molecule has 4 nitrogen and oxygen atoms in total. The molecule has 0 spiro atoms. The highest BCUT2D eigenvalue weighted by atomic mass is 32.1. The van der Waals surface area contributed by atoms with Crippen LogP contribution in [0.3, 0.4) is 0 Å². The summed E-state index contributed by atoms with van der Waals surface area (Å²) in [6.45, 7) is 0. The molecular weight excluding hydrogens is 292 g/mol. The third-order valence-corrected chi connectivity index (χ3v) is 3.86. The zero-order valence-corrected chi connectivity index (χ0v) is 12.6. The number of aromatic nitrogens is 4. The van der Waals surface area contributed by atoms with Crippen LogP contribution in [-0.4, -0.2) is 20.6 Å². The van der Waals surface area contributed by atoms with Crippen molar-refractivity contribution >= 4 is 11.3 Å². The first kappa shape index (κ1) is 14.2. The molecule has 0 saturated carbocycles. The first-order valence-electron chi connectivity index (χ1n) is 6.81. The van der Waals surface area contributed by atoms with Crippen molar-refractivity contribution in [1.82, 2.24) is 20.6 Å². The quantitative estimate of drug-likeness (QED) is 0.601. The lowest BCUT2D eigenvalue weighted by molar-refractivity contribution is 0.881. The Balaban J connectivity index is 0.000000133. The van der Waals surface area contributed by atoms with Crippen molar-refractivity contribution in [2.24, 2.45) is 0 Å². The van der Waals surface area contributed by atoms with Crippen molar-refractivity contribution in [2.45, 2.75) is 0 Å². The van der Waals surface area contributed by atoms with Crippen molar-refractivity contribution in [3.8, 4) is 21.8 Å². The van der Waals surface area contributed by atoms with Gasteiger partial charge in [0.05, 0.1) is 4.88 Å². The number of hydrogen-bond acceptors (Lipinski definition) is 4. The van der Waals surface area contributed by atoms with Gasteiger partial charge in [0.25, 0.3) is 0 Å². The Hall–Kier alpha value is -2.79. The second-order valence-electron chi connectivity index (χ2n) is 4.46. The van der Waals surface area contributed by atoms with Crippen LogP contribution in [0, 0.1) is 0 Å². The van der Waals surface area contributed by atoms with Crippen LogP contribution in [-0.2, 0) is 0 Å². The summed E-state index contributed by atoms with van der Waals surface area (Å²) in [5.74, 6) is 0.731. The second-order valence-corrected chi connectivity index (χ2v) is 5.41. The van der Waals surface area contributed by atoms with Crippen molar-refractivity contribution in [3.05, 3.63) is 78.2 Å². The van der Waals surface area contributed by atoms with E-state index in [1.165, 1.54) is 11.1 Å². The summed E-state index contributed by atoms with van der Waals surface area (Å²) in [6, 6.07) is 24.7. The molecule has 0 aliphatic carbocycles. The fourth-order valence-electron chi connectivity index (χ4n) is 1.94. The Morgan fingerprint density at radius 3 is 1.82 bits per heavy atom. The van der Waals surface area contributed by atoms with Gasteiger partial charge >= 0.3 is 0 Å². The van der Waals surface area contributed by atoms with Crippen molar-refractivity contribution in [2.75, 3.05) is 0 Å². The molecule has 22 heavy (non-hydrogen) atoms. The van der Waals surface area contributed by atoms with Crippen LogP contribution < -0.4 is 0 Å². The summed E-state index contributed by atoms with van der Waals surface area (Å²) >= 11 is 1.61. The van der Waals surface area contributed by atoms with E-state index in [1.807, 2.05) is 29.6 Å². The number of aromatic amines is 1. The predicted octanol–water partition coefficient (Wildman–Crippen LogP) is 4.28. The largest absolute Gasteiger partial charge is 0.238 e. The minimum absolute atomic E-state index is 0.731. The molecule has 0 unspecified atom stereocenters. The van der Waals surface area contributed by atoms with E-state index in [-0.39, 0.29) is 0 Å². The molecule has 4 aromatic rings. The maximum absolute atomic E-state index is 3.75. The molecule has 0 aliphatic heterocycles. The average Bonchev–Trinajstić information content (AvgIpc) is 3.30. The third-order valence-electron chi connectivity index (χ3n) is 2.98. The van der Waals surface area contributed by atoms with E-state index in [4.69, 9.17) is 0 Å². The zero-order chi connectivity index (χ0) is 15.0. The summed E-state index contributed by atoms with van der Waals surface area (Å²) in [5.41, 5.74) is 2.55. The highest BCUT2D eigenvalue weighted by Gasteiger charge is 1.99. The molecule has 1 N–H and O–H groups in total. The van der Waals surface area contributed by atoms with E-state index in [0.29, 0.717) is 0 Å². The first-order chi connectivity index (χ1) is 10.9. The number of nitrogens with one attached hydrogen (secondary N) is 1.